The van der Waals surface area contributed by atoms with Crippen LogP contribution in [0.2, 0.25) is 0 Å². The molecular formula is C8H14N2O3. The molecule has 0 aromatic heterocycles. The van der Waals surface area contributed by atoms with Gasteiger partial charge >= 0.3 is 6.09 Å². The molecule has 2 rings (SSSR count). The van der Waals surface area contributed by atoms with Crippen LogP contribution in [0.1, 0.15) is 6.42 Å². The van der Waals surface area contributed by atoms with Crippen LogP contribution in [0.25, 0.3) is 0 Å². The summed E-state index contributed by atoms with van der Waals surface area (Å²) < 4.78 is 5.44. The zero-order chi connectivity index (χ0) is 9.47. The fraction of sp³-hybridized carbons (Fsp3) is 0.875. The first-order valence-electron chi connectivity index (χ1n) is 4.44. The van der Waals surface area contributed by atoms with E-state index in [1.807, 2.05) is 0 Å². The van der Waals surface area contributed by atoms with Crippen molar-refractivity contribution >= 4 is 6.09 Å². The Morgan fingerprint density at radius 2 is 2.54 bits per heavy atom. The van der Waals surface area contributed by atoms with E-state index in [9.17, 15) is 4.79 Å². The van der Waals surface area contributed by atoms with Gasteiger partial charge in [0.05, 0.1) is 12.6 Å². The molecule has 74 valence electrons. The molecule has 2 N–H and O–H groups in total. The number of carboxylic acid groups (broad SMARTS) is 1. The summed E-state index contributed by atoms with van der Waals surface area (Å²) in [6, 6.07) is 0.175. The van der Waals surface area contributed by atoms with Gasteiger partial charge in [-0.05, 0) is 13.0 Å². The molecule has 13 heavy (non-hydrogen) atoms. The third-order valence-electron chi connectivity index (χ3n) is 3.11. The monoisotopic (exact) mass is 186 g/mol. The van der Waals surface area contributed by atoms with Crippen LogP contribution in [-0.4, -0.2) is 54.5 Å². The van der Waals surface area contributed by atoms with E-state index in [1.165, 1.54) is 4.90 Å². The number of methoxy groups -OCH3 is 1. The van der Waals surface area contributed by atoms with E-state index in [0.29, 0.717) is 13.1 Å². The number of rotatable bonds is 1. The van der Waals surface area contributed by atoms with Gasteiger partial charge in [-0.1, -0.05) is 0 Å². The molecular weight excluding hydrogens is 172 g/mol. The molecule has 0 unspecified atom stereocenters. The molecule has 2 aliphatic rings. The fourth-order valence-electron chi connectivity index (χ4n) is 2.30. The minimum atomic E-state index is -0.854. The van der Waals surface area contributed by atoms with Gasteiger partial charge in [-0.3, -0.25) is 0 Å². The number of fused-ring (bicyclic) bond motifs is 1. The molecule has 0 aromatic rings. The Hall–Kier alpha value is -0.810. The van der Waals surface area contributed by atoms with Gasteiger partial charge in [-0.2, -0.15) is 0 Å². The largest absolute Gasteiger partial charge is 0.465 e. The van der Waals surface area contributed by atoms with E-state index in [-0.39, 0.29) is 11.6 Å². The van der Waals surface area contributed by atoms with Crippen molar-refractivity contribution in [2.75, 3.05) is 26.7 Å². The number of hydrogen-bond donors (Lipinski definition) is 2. The highest BCUT2D eigenvalue weighted by molar-refractivity contribution is 5.66. The van der Waals surface area contributed by atoms with Crippen LogP contribution in [-0.2, 0) is 4.74 Å². The van der Waals surface area contributed by atoms with E-state index in [2.05, 4.69) is 5.32 Å². The molecule has 5 nitrogen and oxygen atoms in total. The van der Waals surface area contributed by atoms with Crippen molar-refractivity contribution in [3.8, 4) is 0 Å². The summed E-state index contributed by atoms with van der Waals surface area (Å²) in [5, 5.41) is 12.1. The molecule has 0 aliphatic carbocycles. The Bertz CT molecular complexity index is 233. The lowest BCUT2D eigenvalue weighted by Gasteiger charge is -2.25. The molecule has 0 saturated carbocycles. The van der Waals surface area contributed by atoms with Crippen molar-refractivity contribution in [1.29, 1.82) is 0 Å². The van der Waals surface area contributed by atoms with Crippen LogP contribution in [0.15, 0.2) is 0 Å². The van der Waals surface area contributed by atoms with E-state index < -0.39 is 6.09 Å². The van der Waals surface area contributed by atoms with Crippen molar-refractivity contribution in [2.24, 2.45) is 0 Å². The predicted molar refractivity (Wildman–Crippen MR) is 45.7 cm³/mol. The summed E-state index contributed by atoms with van der Waals surface area (Å²) in [6.45, 7) is 1.96. The summed E-state index contributed by atoms with van der Waals surface area (Å²) in [5.41, 5.74) is -0.265. The predicted octanol–water partition coefficient (Wildman–Crippen LogP) is -0.273. The van der Waals surface area contributed by atoms with Crippen molar-refractivity contribution in [3.63, 3.8) is 0 Å². The van der Waals surface area contributed by atoms with Gasteiger partial charge in [-0.15, -0.1) is 0 Å². The van der Waals surface area contributed by atoms with Crippen LogP contribution >= 0.6 is 0 Å². The maximum Gasteiger partial charge on any atom is 0.407 e. The number of nitrogens with one attached hydrogen (secondary N) is 1. The van der Waals surface area contributed by atoms with Crippen LogP contribution in [0, 0.1) is 0 Å². The normalized spacial score (nSPS) is 37.9. The van der Waals surface area contributed by atoms with Crippen LogP contribution in [0.5, 0.6) is 0 Å². The van der Waals surface area contributed by atoms with Crippen molar-refractivity contribution < 1.29 is 14.6 Å². The highest BCUT2D eigenvalue weighted by Gasteiger charge is 2.51. The van der Waals surface area contributed by atoms with Crippen LogP contribution in [0.3, 0.4) is 0 Å². The van der Waals surface area contributed by atoms with Crippen molar-refractivity contribution in [2.45, 2.75) is 18.1 Å². The lowest BCUT2D eigenvalue weighted by Crippen LogP contribution is -2.43. The number of likely N-dealkylation sites (tertiary alicyclic amines) is 1. The number of hydrogen-bond acceptors (Lipinski definition) is 3. The van der Waals surface area contributed by atoms with Crippen LogP contribution in [0.4, 0.5) is 4.79 Å². The lowest BCUT2D eigenvalue weighted by molar-refractivity contribution is -0.000709. The molecule has 0 radical (unpaired) electrons. The van der Waals surface area contributed by atoms with Gasteiger partial charge in [0.25, 0.3) is 0 Å². The number of amides is 1. The quantitative estimate of drug-likeness (QED) is 0.591. The number of ether oxygens (including phenoxy) is 1. The maximum atomic E-state index is 10.7. The van der Waals surface area contributed by atoms with Gasteiger partial charge in [0.15, 0.2) is 0 Å². The second kappa shape index (κ2) is 2.85. The Labute approximate surface area is 76.7 Å². The Morgan fingerprint density at radius 1 is 1.77 bits per heavy atom. The molecule has 2 heterocycles. The van der Waals surface area contributed by atoms with Crippen molar-refractivity contribution in [1.82, 2.24) is 10.2 Å². The molecule has 2 fully saturated rings. The SMILES string of the molecule is CO[C@@]12CCN[C@@H]1CN(C(=O)O)C2. The third kappa shape index (κ3) is 1.19. The van der Waals surface area contributed by atoms with Gasteiger partial charge < -0.3 is 20.1 Å². The molecule has 2 aliphatic heterocycles. The topological polar surface area (TPSA) is 61.8 Å². The maximum absolute atomic E-state index is 10.7. The lowest BCUT2D eigenvalue weighted by atomic mass is 9.99. The second-order valence-electron chi connectivity index (χ2n) is 3.69. The first kappa shape index (κ1) is 8.77. The third-order valence-corrected chi connectivity index (χ3v) is 3.11. The highest BCUT2D eigenvalue weighted by Crippen LogP contribution is 2.32. The number of carbonyl (C=O) groups is 1. The van der Waals surface area contributed by atoms with E-state index >= 15 is 0 Å². The summed E-state index contributed by atoms with van der Waals surface area (Å²) in [7, 11) is 1.66. The molecule has 0 aromatic carbocycles. The average Bonchev–Trinajstić information content (AvgIpc) is 2.58. The van der Waals surface area contributed by atoms with Crippen LogP contribution < -0.4 is 5.32 Å². The van der Waals surface area contributed by atoms with E-state index in [4.69, 9.17) is 9.84 Å². The Morgan fingerprint density at radius 3 is 3.08 bits per heavy atom. The molecule has 1 amide bonds. The molecule has 0 bridgehead atoms. The first-order valence-corrected chi connectivity index (χ1v) is 4.44. The summed E-state index contributed by atoms with van der Waals surface area (Å²) >= 11 is 0. The second-order valence-corrected chi connectivity index (χ2v) is 3.69. The standard InChI is InChI=1S/C8H14N2O3/c1-13-8-2-3-9-6(8)4-10(5-8)7(11)12/h6,9H,2-5H2,1H3,(H,11,12)/t6-,8-/m1/s1. The van der Waals surface area contributed by atoms with Gasteiger partial charge in [0, 0.05) is 13.7 Å². The Kier molecular flexibility index (Phi) is 1.92. The minimum Gasteiger partial charge on any atom is -0.465 e. The van der Waals surface area contributed by atoms with Crippen molar-refractivity contribution in [3.05, 3.63) is 0 Å². The van der Waals surface area contributed by atoms with Gasteiger partial charge in [0.2, 0.25) is 0 Å². The average molecular weight is 186 g/mol. The molecule has 0 spiro atoms. The summed E-state index contributed by atoms with van der Waals surface area (Å²) in [5.74, 6) is 0. The van der Waals surface area contributed by atoms with Gasteiger partial charge in [0.1, 0.15) is 5.60 Å². The zero-order valence-corrected chi connectivity index (χ0v) is 7.62. The molecule has 2 saturated heterocycles. The number of nitrogens with zero attached hydrogens (tertiary/aromatic N) is 1. The highest BCUT2D eigenvalue weighted by atomic mass is 16.5. The summed E-state index contributed by atoms with van der Waals surface area (Å²) in [4.78, 5) is 12.2. The molecule has 2 atom stereocenters. The smallest absolute Gasteiger partial charge is 0.407 e. The minimum absolute atomic E-state index is 0.175. The molecule has 5 heteroatoms. The van der Waals surface area contributed by atoms with E-state index in [0.717, 1.165) is 13.0 Å². The zero-order valence-electron chi connectivity index (χ0n) is 7.62. The van der Waals surface area contributed by atoms with Gasteiger partial charge in [-0.25, -0.2) is 4.79 Å². The fourth-order valence-corrected chi connectivity index (χ4v) is 2.30. The first-order chi connectivity index (χ1) is 6.18. The van der Waals surface area contributed by atoms with E-state index in [1.54, 1.807) is 7.11 Å². The Balaban J connectivity index is 2.13. The summed E-state index contributed by atoms with van der Waals surface area (Å²) in [6.07, 6.45) is 0.0467.